The van der Waals surface area contributed by atoms with Gasteiger partial charge < -0.3 is 10.1 Å². The minimum absolute atomic E-state index is 0.0325. The fraction of sp³-hybridized carbons (Fsp3) is 0.235. The molecule has 102 valence electrons. The Hall–Kier alpha value is -2.13. The monoisotopic (exact) mass is 267 g/mol. The van der Waals surface area contributed by atoms with Crippen LogP contribution in [0.5, 0.6) is 0 Å². The van der Waals surface area contributed by atoms with Crippen LogP contribution >= 0.6 is 0 Å². The zero-order chi connectivity index (χ0) is 13.8. The molecule has 1 fully saturated rings. The zero-order valence-corrected chi connectivity index (χ0v) is 11.2. The molecule has 0 aromatic heterocycles. The molecule has 20 heavy (non-hydrogen) atoms. The Morgan fingerprint density at radius 1 is 1.10 bits per heavy atom. The van der Waals surface area contributed by atoms with Crippen molar-refractivity contribution in [2.24, 2.45) is 0 Å². The van der Waals surface area contributed by atoms with Crippen molar-refractivity contribution in [2.75, 3.05) is 6.61 Å². The van der Waals surface area contributed by atoms with Crippen molar-refractivity contribution < 1.29 is 9.53 Å². The van der Waals surface area contributed by atoms with E-state index in [0.717, 1.165) is 13.0 Å². The largest absolute Gasteiger partial charge is 0.371 e. The molecular formula is C17H17NO2. The number of ether oxygens (including phenoxy) is 1. The lowest BCUT2D eigenvalue weighted by Gasteiger charge is -2.17. The number of hydrogen-bond acceptors (Lipinski definition) is 2. The Morgan fingerprint density at radius 3 is 2.30 bits per heavy atom. The van der Waals surface area contributed by atoms with E-state index in [4.69, 9.17) is 4.74 Å². The van der Waals surface area contributed by atoms with Crippen LogP contribution in [-0.4, -0.2) is 24.7 Å². The average Bonchev–Trinajstić information content (AvgIpc) is 3.33. The lowest BCUT2D eigenvalue weighted by molar-refractivity contribution is 0.0929. The van der Waals surface area contributed by atoms with Gasteiger partial charge in [0.2, 0.25) is 0 Å². The van der Waals surface area contributed by atoms with Crippen LogP contribution in [0.1, 0.15) is 15.9 Å². The summed E-state index contributed by atoms with van der Waals surface area (Å²) in [6.45, 7) is 0.729. The quantitative estimate of drug-likeness (QED) is 0.845. The predicted octanol–water partition coefficient (Wildman–Crippen LogP) is 2.43. The Morgan fingerprint density at radius 2 is 1.70 bits per heavy atom. The summed E-state index contributed by atoms with van der Waals surface area (Å²) in [5, 5.41) is 3.08. The third kappa shape index (κ3) is 3.25. The number of epoxide rings is 1. The van der Waals surface area contributed by atoms with Crippen LogP contribution < -0.4 is 5.32 Å². The molecule has 0 saturated carbocycles. The fourth-order valence-electron chi connectivity index (χ4n) is 2.27. The second-order valence-corrected chi connectivity index (χ2v) is 5.01. The average molecular weight is 267 g/mol. The molecule has 2 atom stereocenters. The number of amides is 1. The SMILES string of the molecule is O=C(N[C@H](Cc1ccccc1)[C@H]1CO1)c1ccccc1. The van der Waals surface area contributed by atoms with E-state index in [9.17, 15) is 4.79 Å². The molecule has 0 spiro atoms. The van der Waals surface area contributed by atoms with Crippen LogP contribution in [0.3, 0.4) is 0 Å². The van der Waals surface area contributed by atoms with Crippen LogP contribution in [0.25, 0.3) is 0 Å². The molecule has 1 amide bonds. The van der Waals surface area contributed by atoms with Crippen molar-refractivity contribution in [1.82, 2.24) is 5.32 Å². The molecule has 2 aromatic carbocycles. The Labute approximate surface area is 118 Å². The fourth-order valence-corrected chi connectivity index (χ4v) is 2.27. The maximum Gasteiger partial charge on any atom is 0.251 e. The molecule has 3 nitrogen and oxygen atoms in total. The summed E-state index contributed by atoms with van der Waals surface area (Å²) >= 11 is 0. The van der Waals surface area contributed by atoms with E-state index in [1.54, 1.807) is 0 Å². The van der Waals surface area contributed by atoms with E-state index in [2.05, 4.69) is 17.4 Å². The van der Waals surface area contributed by atoms with Gasteiger partial charge >= 0.3 is 0 Å². The molecule has 0 radical (unpaired) electrons. The summed E-state index contributed by atoms with van der Waals surface area (Å²) in [6.07, 6.45) is 0.937. The van der Waals surface area contributed by atoms with Crippen LogP contribution in [-0.2, 0) is 11.2 Å². The van der Waals surface area contributed by atoms with Gasteiger partial charge in [-0.2, -0.15) is 0 Å². The van der Waals surface area contributed by atoms with Crippen molar-refractivity contribution in [2.45, 2.75) is 18.6 Å². The Bertz CT molecular complexity index is 564. The highest BCUT2D eigenvalue weighted by molar-refractivity contribution is 5.94. The molecule has 2 aromatic rings. The summed E-state index contributed by atoms with van der Waals surface area (Å²) in [5.41, 5.74) is 1.90. The van der Waals surface area contributed by atoms with Crippen molar-refractivity contribution in [3.8, 4) is 0 Å². The molecule has 1 aliphatic heterocycles. The maximum atomic E-state index is 12.2. The van der Waals surface area contributed by atoms with Gasteiger partial charge in [-0.3, -0.25) is 4.79 Å². The van der Waals surface area contributed by atoms with Gasteiger partial charge in [0, 0.05) is 5.56 Å². The van der Waals surface area contributed by atoms with E-state index < -0.39 is 0 Å². The van der Waals surface area contributed by atoms with Gasteiger partial charge in [-0.1, -0.05) is 48.5 Å². The van der Waals surface area contributed by atoms with Gasteiger partial charge in [-0.15, -0.1) is 0 Å². The van der Waals surface area contributed by atoms with Crippen molar-refractivity contribution in [1.29, 1.82) is 0 Å². The Balaban J connectivity index is 1.67. The van der Waals surface area contributed by atoms with E-state index in [1.165, 1.54) is 5.56 Å². The summed E-state index contributed by atoms with van der Waals surface area (Å²) < 4.78 is 5.36. The first-order valence-electron chi connectivity index (χ1n) is 6.84. The first-order chi connectivity index (χ1) is 9.83. The predicted molar refractivity (Wildman–Crippen MR) is 77.6 cm³/mol. The standard InChI is InChI=1S/C17H17NO2/c19-17(14-9-5-2-6-10-14)18-15(16-12-20-16)11-13-7-3-1-4-8-13/h1-10,15-16H,11-12H2,(H,18,19)/t15-,16-/m1/s1. The number of benzene rings is 2. The van der Waals surface area contributed by atoms with Crippen LogP contribution in [0.15, 0.2) is 60.7 Å². The topological polar surface area (TPSA) is 41.6 Å². The molecule has 0 unspecified atom stereocenters. The second-order valence-electron chi connectivity index (χ2n) is 5.01. The van der Waals surface area contributed by atoms with E-state index in [1.807, 2.05) is 48.5 Å². The van der Waals surface area contributed by atoms with Gasteiger partial charge in [0.15, 0.2) is 0 Å². The van der Waals surface area contributed by atoms with E-state index in [-0.39, 0.29) is 18.1 Å². The lowest BCUT2D eigenvalue weighted by atomic mass is 10.0. The van der Waals surface area contributed by atoms with E-state index >= 15 is 0 Å². The molecule has 1 N–H and O–H groups in total. The maximum absolute atomic E-state index is 12.2. The van der Waals surface area contributed by atoms with Crippen molar-refractivity contribution >= 4 is 5.91 Å². The molecular weight excluding hydrogens is 250 g/mol. The highest BCUT2D eigenvalue weighted by Gasteiger charge is 2.33. The molecule has 0 bridgehead atoms. The minimum atomic E-state index is -0.0398. The molecule has 1 heterocycles. The molecule has 1 saturated heterocycles. The summed E-state index contributed by atoms with van der Waals surface area (Å²) in [7, 11) is 0. The van der Waals surface area contributed by atoms with Gasteiger partial charge in [0.1, 0.15) is 6.10 Å². The first-order valence-corrected chi connectivity index (χ1v) is 6.84. The first kappa shape index (κ1) is 12.9. The number of hydrogen-bond donors (Lipinski definition) is 1. The molecule has 1 aliphatic rings. The highest BCUT2D eigenvalue weighted by atomic mass is 16.6. The molecule has 0 aliphatic carbocycles. The van der Waals surface area contributed by atoms with Crippen molar-refractivity contribution in [3.05, 3.63) is 71.8 Å². The van der Waals surface area contributed by atoms with Gasteiger partial charge in [-0.05, 0) is 24.1 Å². The number of carbonyl (C=O) groups is 1. The normalized spacial score (nSPS) is 18.3. The zero-order valence-electron chi connectivity index (χ0n) is 11.2. The van der Waals surface area contributed by atoms with Gasteiger partial charge in [-0.25, -0.2) is 0 Å². The number of nitrogens with one attached hydrogen (secondary N) is 1. The smallest absolute Gasteiger partial charge is 0.251 e. The third-order valence-electron chi connectivity index (χ3n) is 3.46. The van der Waals surface area contributed by atoms with Gasteiger partial charge in [0.25, 0.3) is 5.91 Å². The van der Waals surface area contributed by atoms with Crippen LogP contribution in [0, 0.1) is 0 Å². The second kappa shape index (κ2) is 5.88. The summed E-state index contributed by atoms with van der Waals surface area (Å²) in [5.74, 6) is -0.0398. The highest BCUT2D eigenvalue weighted by Crippen LogP contribution is 2.18. The van der Waals surface area contributed by atoms with Crippen LogP contribution in [0.4, 0.5) is 0 Å². The van der Waals surface area contributed by atoms with Gasteiger partial charge in [0.05, 0.1) is 12.6 Å². The summed E-state index contributed by atoms with van der Waals surface area (Å²) in [6, 6.07) is 19.5. The Kier molecular flexibility index (Phi) is 3.79. The molecule has 3 heteroatoms. The third-order valence-corrected chi connectivity index (χ3v) is 3.46. The van der Waals surface area contributed by atoms with Crippen molar-refractivity contribution in [3.63, 3.8) is 0 Å². The van der Waals surface area contributed by atoms with E-state index in [0.29, 0.717) is 5.56 Å². The molecule has 3 rings (SSSR count). The summed E-state index contributed by atoms with van der Waals surface area (Å²) in [4.78, 5) is 12.2. The minimum Gasteiger partial charge on any atom is -0.371 e. The number of rotatable bonds is 5. The van der Waals surface area contributed by atoms with Crippen LogP contribution in [0.2, 0.25) is 0 Å². The lowest BCUT2D eigenvalue weighted by Crippen LogP contribution is -2.40. The number of carbonyl (C=O) groups excluding carboxylic acids is 1.